The Hall–Kier alpha value is -4.61. The summed E-state index contributed by atoms with van der Waals surface area (Å²) in [6.45, 7) is 2.09. The molecule has 0 radical (unpaired) electrons. The number of hydrogen-bond acceptors (Lipinski definition) is 4. The summed E-state index contributed by atoms with van der Waals surface area (Å²) in [5.74, 6) is 7.82. The van der Waals surface area contributed by atoms with Crippen LogP contribution in [-0.2, 0) is 6.42 Å². The molecule has 1 aliphatic rings. The molecule has 0 spiro atoms. The Labute approximate surface area is 220 Å². The summed E-state index contributed by atoms with van der Waals surface area (Å²) in [5, 5.41) is 3.15. The van der Waals surface area contributed by atoms with Gasteiger partial charge in [-0.25, -0.2) is 5.84 Å². The molecule has 6 aromatic rings. The Kier molecular flexibility index (Phi) is 5.38. The molecule has 1 unspecified atom stereocenters. The van der Waals surface area contributed by atoms with Crippen LogP contribution in [0.5, 0.6) is 0 Å². The van der Waals surface area contributed by atoms with Crippen molar-refractivity contribution >= 4 is 44.3 Å². The molecule has 0 amide bonds. The first-order valence-corrected chi connectivity index (χ1v) is 12.9. The van der Waals surface area contributed by atoms with E-state index in [1.807, 2.05) is 42.5 Å². The van der Waals surface area contributed by atoms with Crippen LogP contribution >= 0.6 is 0 Å². The smallest absolute Gasteiger partial charge is 0.144 e. The molecule has 1 aliphatic carbocycles. The van der Waals surface area contributed by atoms with E-state index >= 15 is 0 Å². The lowest BCUT2D eigenvalue weighted by Gasteiger charge is -2.22. The van der Waals surface area contributed by atoms with Crippen molar-refractivity contribution in [2.24, 2.45) is 10.8 Å². The van der Waals surface area contributed by atoms with Crippen molar-refractivity contribution in [3.63, 3.8) is 0 Å². The summed E-state index contributed by atoms with van der Waals surface area (Å²) >= 11 is 0. The van der Waals surface area contributed by atoms with Crippen molar-refractivity contribution in [3.05, 3.63) is 125 Å². The van der Waals surface area contributed by atoms with E-state index in [-0.39, 0.29) is 6.04 Å². The summed E-state index contributed by atoms with van der Waals surface area (Å²) < 4.78 is 12.5. The van der Waals surface area contributed by atoms with Gasteiger partial charge < -0.3 is 14.3 Å². The average molecular weight is 498 g/mol. The molecule has 0 saturated heterocycles. The predicted octanol–water partition coefficient (Wildman–Crippen LogP) is 7.62. The molecule has 0 bridgehead atoms. The Bertz CT molecular complexity index is 1870. The molecule has 0 fully saturated rings. The van der Waals surface area contributed by atoms with Crippen LogP contribution < -0.4 is 11.3 Å². The van der Waals surface area contributed by atoms with Crippen molar-refractivity contribution in [2.75, 3.05) is 0 Å². The zero-order valence-electron chi connectivity index (χ0n) is 21.1. The van der Waals surface area contributed by atoms with Crippen LogP contribution in [0.3, 0.4) is 0 Å². The van der Waals surface area contributed by atoms with Gasteiger partial charge in [0.1, 0.15) is 34.4 Å². The highest BCUT2D eigenvalue weighted by Gasteiger charge is 2.28. The van der Waals surface area contributed by atoms with Crippen LogP contribution in [0.4, 0.5) is 0 Å². The third kappa shape index (κ3) is 3.63. The number of fused-ring (bicyclic) bond motifs is 6. The number of para-hydroxylation sites is 1. The molecule has 3 N–H and O–H groups in total. The van der Waals surface area contributed by atoms with Crippen molar-refractivity contribution in [1.29, 1.82) is 0 Å². The van der Waals surface area contributed by atoms with Crippen LogP contribution in [0.1, 0.15) is 40.5 Å². The predicted molar refractivity (Wildman–Crippen MR) is 154 cm³/mol. The minimum Gasteiger partial charge on any atom is -0.460 e. The number of nitrogens with two attached hydrogens (primary N) is 1. The molecule has 186 valence electrons. The summed E-state index contributed by atoms with van der Waals surface area (Å²) in [4.78, 5) is 5.33. The summed E-state index contributed by atoms with van der Waals surface area (Å²) in [6.07, 6.45) is 4.08. The summed E-state index contributed by atoms with van der Waals surface area (Å²) in [7, 11) is 0. The number of hydrogen-bond donors (Lipinski definition) is 2. The SMILES string of the molecule is Cc1ccc2c3c(oc2c1)CCC=C3C(N=C(NN)c1cccc2oc3ccccc3c12)c1ccccc1. The number of aryl methyl sites for hydroxylation is 2. The lowest BCUT2D eigenvalue weighted by atomic mass is 9.86. The van der Waals surface area contributed by atoms with Gasteiger partial charge in [-0.15, -0.1) is 0 Å². The van der Waals surface area contributed by atoms with Gasteiger partial charge in [0.15, 0.2) is 0 Å². The van der Waals surface area contributed by atoms with Crippen LogP contribution in [-0.4, -0.2) is 5.84 Å². The van der Waals surface area contributed by atoms with Gasteiger partial charge in [-0.2, -0.15) is 0 Å². The maximum Gasteiger partial charge on any atom is 0.144 e. The molecule has 2 aromatic heterocycles. The first-order valence-electron chi connectivity index (χ1n) is 12.9. The average Bonchev–Trinajstić information content (AvgIpc) is 3.52. The topological polar surface area (TPSA) is 76.7 Å². The zero-order chi connectivity index (χ0) is 25.6. The second kappa shape index (κ2) is 9.05. The molecule has 0 saturated carbocycles. The molecule has 4 aromatic carbocycles. The van der Waals surface area contributed by atoms with Crippen LogP contribution in [0.25, 0.3) is 38.5 Å². The highest BCUT2D eigenvalue weighted by molar-refractivity contribution is 6.18. The molecule has 0 aliphatic heterocycles. The molecule has 5 nitrogen and oxygen atoms in total. The number of furan rings is 2. The molecule has 2 heterocycles. The fraction of sp³-hybridized carbons (Fsp3) is 0.121. The Morgan fingerprint density at radius 2 is 1.66 bits per heavy atom. The van der Waals surface area contributed by atoms with Gasteiger partial charge in [0.05, 0.1) is 0 Å². The van der Waals surface area contributed by atoms with E-state index in [4.69, 9.17) is 19.7 Å². The van der Waals surface area contributed by atoms with E-state index < -0.39 is 0 Å². The number of amidine groups is 1. The highest BCUT2D eigenvalue weighted by atomic mass is 16.3. The Morgan fingerprint density at radius 1 is 0.842 bits per heavy atom. The molecule has 7 rings (SSSR count). The van der Waals surface area contributed by atoms with Crippen molar-refractivity contribution in [2.45, 2.75) is 25.8 Å². The number of rotatable bonds is 4. The number of nitrogens with zero attached hydrogens (tertiary/aromatic N) is 1. The second-order valence-corrected chi connectivity index (χ2v) is 9.81. The monoisotopic (exact) mass is 497 g/mol. The third-order valence-electron chi connectivity index (χ3n) is 7.41. The first-order chi connectivity index (χ1) is 18.7. The highest BCUT2D eigenvalue weighted by Crippen LogP contribution is 2.44. The normalized spacial score (nSPS) is 14.6. The van der Waals surface area contributed by atoms with Gasteiger partial charge >= 0.3 is 0 Å². The van der Waals surface area contributed by atoms with Gasteiger partial charge in [0.25, 0.3) is 0 Å². The molecular weight excluding hydrogens is 470 g/mol. The zero-order valence-corrected chi connectivity index (χ0v) is 21.1. The lowest BCUT2D eigenvalue weighted by Crippen LogP contribution is -2.32. The van der Waals surface area contributed by atoms with Crippen molar-refractivity contribution in [1.82, 2.24) is 5.43 Å². The quantitative estimate of drug-likeness (QED) is 0.114. The summed E-state index contributed by atoms with van der Waals surface area (Å²) in [6, 6.07) is 30.6. The minimum absolute atomic E-state index is 0.281. The molecule has 5 heteroatoms. The lowest BCUT2D eigenvalue weighted by molar-refractivity contribution is 0.544. The van der Waals surface area contributed by atoms with Crippen molar-refractivity contribution < 1.29 is 8.83 Å². The number of aliphatic imine (C=N–C) groups is 1. The minimum atomic E-state index is -0.281. The Balaban J connectivity index is 1.45. The maximum atomic E-state index is 6.36. The number of nitrogens with one attached hydrogen (secondary N) is 1. The van der Waals surface area contributed by atoms with E-state index in [0.717, 1.165) is 73.8 Å². The van der Waals surface area contributed by atoms with Gasteiger partial charge in [0, 0.05) is 33.7 Å². The van der Waals surface area contributed by atoms with Gasteiger partial charge in [-0.3, -0.25) is 4.99 Å². The Morgan fingerprint density at radius 3 is 2.53 bits per heavy atom. The third-order valence-corrected chi connectivity index (χ3v) is 7.41. The van der Waals surface area contributed by atoms with Gasteiger partial charge in [-0.1, -0.05) is 78.9 Å². The van der Waals surface area contributed by atoms with Gasteiger partial charge in [-0.05, 0) is 48.2 Å². The standard InChI is InChI=1S/C33H27N3O2/c1-20-17-18-23-29(19-20)38-27-15-7-12-24(30(23)27)32(21-9-3-2-4-10-21)35-33(36-34)25-13-8-16-28-31(25)22-11-5-6-14-26(22)37-28/h2-6,8-14,16-19,32H,7,15,34H2,1H3,(H,35,36). The molecule has 1 atom stereocenters. The van der Waals surface area contributed by atoms with E-state index in [1.165, 1.54) is 5.56 Å². The van der Waals surface area contributed by atoms with E-state index in [0.29, 0.717) is 5.84 Å². The molecular formula is C33H27N3O2. The van der Waals surface area contributed by atoms with E-state index in [2.05, 4.69) is 67.0 Å². The molecule has 38 heavy (non-hydrogen) atoms. The maximum absolute atomic E-state index is 6.36. The van der Waals surface area contributed by atoms with Gasteiger partial charge in [0.2, 0.25) is 0 Å². The number of allylic oxidation sites excluding steroid dienone is 1. The summed E-state index contributed by atoms with van der Waals surface area (Å²) in [5.41, 5.74) is 10.9. The van der Waals surface area contributed by atoms with Crippen LogP contribution in [0, 0.1) is 6.92 Å². The fourth-order valence-electron chi connectivity index (χ4n) is 5.70. The van der Waals surface area contributed by atoms with E-state index in [9.17, 15) is 0 Å². The van der Waals surface area contributed by atoms with E-state index in [1.54, 1.807) is 0 Å². The van der Waals surface area contributed by atoms with Crippen LogP contribution in [0.2, 0.25) is 0 Å². The second-order valence-electron chi connectivity index (χ2n) is 9.81. The largest absolute Gasteiger partial charge is 0.460 e. The van der Waals surface area contributed by atoms with Crippen molar-refractivity contribution in [3.8, 4) is 0 Å². The fourth-order valence-corrected chi connectivity index (χ4v) is 5.70. The first kappa shape index (κ1) is 22.6. The van der Waals surface area contributed by atoms with Crippen LogP contribution in [0.15, 0.2) is 111 Å². The number of hydrazine groups is 1. The number of benzene rings is 4.